The van der Waals surface area contributed by atoms with Gasteiger partial charge in [0, 0.05) is 26.2 Å². The molecule has 0 spiro atoms. The number of nitrogens with one attached hydrogen (secondary N) is 1. The fraction of sp³-hybridized carbons (Fsp3) is 0.917. The van der Waals surface area contributed by atoms with Crippen molar-refractivity contribution in [2.45, 2.75) is 26.8 Å². The zero-order valence-corrected chi connectivity index (χ0v) is 12.1. The van der Waals surface area contributed by atoms with Crippen LogP contribution in [0.1, 0.15) is 20.8 Å². The molecule has 0 aliphatic carbocycles. The predicted octanol–water partition coefficient (Wildman–Crippen LogP) is 0.513. The molecule has 3 N–H and O–H groups in total. The highest BCUT2D eigenvalue weighted by Gasteiger charge is 2.18. The van der Waals surface area contributed by atoms with Crippen molar-refractivity contribution in [3.8, 4) is 0 Å². The molecule has 0 heterocycles. The zero-order chi connectivity index (χ0) is 13.5. The lowest BCUT2D eigenvalue weighted by Crippen LogP contribution is -2.41. The van der Waals surface area contributed by atoms with Gasteiger partial charge < -0.3 is 20.7 Å². The SMILES string of the molecule is COCC(C)NC(N)=NCC(C)(C)CN(C)C. The molecule has 17 heavy (non-hydrogen) atoms. The van der Waals surface area contributed by atoms with Crippen molar-refractivity contribution in [1.82, 2.24) is 10.2 Å². The Morgan fingerprint density at radius 1 is 1.47 bits per heavy atom. The number of rotatable bonds is 7. The Morgan fingerprint density at radius 2 is 2.06 bits per heavy atom. The van der Waals surface area contributed by atoms with E-state index < -0.39 is 0 Å². The maximum atomic E-state index is 5.81. The molecule has 1 unspecified atom stereocenters. The number of methoxy groups -OCH3 is 1. The summed E-state index contributed by atoms with van der Waals surface area (Å²) in [6.07, 6.45) is 0. The second-order valence-corrected chi connectivity index (χ2v) is 5.60. The number of hydrogen-bond donors (Lipinski definition) is 2. The summed E-state index contributed by atoms with van der Waals surface area (Å²) in [6, 6.07) is 0.181. The molecule has 0 rings (SSSR count). The summed E-state index contributed by atoms with van der Waals surface area (Å²) < 4.78 is 5.02. The van der Waals surface area contributed by atoms with E-state index in [4.69, 9.17) is 10.5 Å². The lowest BCUT2D eigenvalue weighted by Gasteiger charge is -2.26. The molecule has 0 bridgehead atoms. The molecule has 102 valence electrons. The molecule has 0 aliphatic heterocycles. The van der Waals surface area contributed by atoms with E-state index in [1.54, 1.807) is 7.11 Å². The lowest BCUT2D eigenvalue weighted by atomic mass is 9.93. The van der Waals surface area contributed by atoms with Crippen LogP contribution >= 0.6 is 0 Å². The van der Waals surface area contributed by atoms with Gasteiger partial charge in [0.15, 0.2) is 5.96 Å². The highest BCUT2D eigenvalue weighted by molar-refractivity contribution is 5.78. The van der Waals surface area contributed by atoms with Crippen molar-refractivity contribution >= 4 is 5.96 Å². The van der Waals surface area contributed by atoms with Crippen LogP contribution in [0.15, 0.2) is 4.99 Å². The average Bonchev–Trinajstić information content (AvgIpc) is 2.13. The second kappa shape index (κ2) is 7.50. The number of aliphatic imine (C=N–C) groups is 1. The summed E-state index contributed by atoms with van der Waals surface area (Å²) in [6.45, 7) is 8.69. The number of ether oxygens (including phenoxy) is 1. The third kappa shape index (κ3) is 8.94. The van der Waals surface area contributed by atoms with Gasteiger partial charge in [0.1, 0.15) is 0 Å². The molecule has 0 aromatic heterocycles. The van der Waals surface area contributed by atoms with E-state index in [-0.39, 0.29) is 11.5 Å². The monoisotopic (exact) mass is 244 g/mol. The largest absolute Gasteiger partial charge is 0.383 e. The molecule has 1 atom stereocenters. The fourth-order valence-corrected chi connectivity index (χ4v) is 1.80. The minimum Gasteiger partial charge on any atom is -0.383 e. The van der Waals surface area contributed by atoms with E-state index in [0.717, 1.165) is 6.54 Å². The topological polar surface area (TPSA) is 62.9 Å². The Hall–Kier alpha value is -0.810. The standard InChI is InChI=1S/C12H28N4O/c1-10(7-17-6)15-11(13)14-8-12(2,3)9-16(4)5/h10H,7-9H2,1-6H3,(H3,13,14,15). The molecule has 0 aromatic rings. The van der Waals surface area contributed by atoms with Crippen molar-refractivity contribution in [3.05, 3.63) is 0 Å². The molecular formula is C12H28N4O. The Morgan fingerprint density at radius 3 is 2.53 bits per heavy atom. The Labute approximate surface area is 105 Å². The maximum absolute atomic E-state index is 5.81. The number of nitrogens with two attached hydrogens (primary N) is 1. The summed E-state index contributed by atoms with van der Waals surface area (Å²) >= 11 is 0. The molecule has 5 nitrogen and oxygen atoms in total. The molecule has 5 heteroatoms. The van der Waals surface area contributed by atoms with Crippen LogP contribution in [0.2, 0.25) is 0 Å². The summed E-state index contributed by atoms with van der Waals surface area (Å²) in [5, 5.41) is 3.10. The summed E-state index contributed by atoms with van der Waals surface area (Å²) in [7, 11) is 5.80. The van der Waals surface area contributed by atoms with E-state index in [9.17, 15) is 0 Å². The third-order valence-electron chi connectivity index (χ3n) is 2.23. The van der Waals surface area contributed by atoms with Crippen LogP contribution in [0.5, 0.6) is 0 Å². The van der Waals surface area contributed by atoms with E-state index in [2.05, 4.69) is 43.2 Å². The highest BCUT2D eigenvalue weighted by atomic mass is 16.5. The van der Waals surface area contributed by atoms with E-state index >= 15 is 0 Å². The molecule has 0 aliphatic rings. The van der Waals surface area contributed by atoms with Crippen molar-refractivity contribution in [2.75, 3.05) is 40.9 Å². The minimum absolute atomic E-state index is 0.125. The third-order valence-corrected chi connectivity index (χ3v) is 2.23. The van der Waals surface area contributed by atoms with E-state index in [1.807, 2.05) is 6.92 Å². The average molecular weight is 244 g/mol. The Kier molecular flexibility index (Phi) is 7.15. The van der Waals surface area contributed by atoms with Crippen molar-refractivity contribution in [1.29, 1.82) is 0 Å². The molecule has 0 amide bonds. The molecule has 0 saturated heterocycles. The quantitative estimate of drug-likeness (QED) is 0.506. The van der Waals surface area contributed by atoms with Crippen LogP contribution < -0.4 is 11.1 Å². The summed E-state index contributed by atoms with van der Waals surface area (Å²) in [5.41, 5.74) is 5.94. The van der Waals surface area contributed by atoms with Crippen LogP contribution in [0.3, 0.4) is 0 Å². The molecule has 0 fully saturated rings. The van der Waals surface area contributed by atoms with Crippen LogP contribution in [-0.2, 0) is 4.74 Å². The first-order valence-electron chi connectivity index (χ1n) is 5.97. The molecule has 0 aromatic carbocycles. The predicted molar refractivity (Wildman–Crippen MR) is 73.3 cm³/mol. The van der Waals surface area contributed by atoms with E-state index in [1.165, 1.54) is 0 Å². The maximum Gasteiger partial charge on any atom is 0.188 e. The van der Waals surface area contributed by atoms with Crippen molar-refractivity contribution < 1.29 is 4.74 Å². The minimum atomic E-state index is 0.125. The highest BCUT2D eigenvalue weighted by Crippen LogP contribution is 2.15. The van der Waals surface area contributed by atoms with Crippen LogP contribution in [0.4, 0.5) is 0 Å². The van der Waals surface area contributed by atoms with Gasteiger partial charge in [-0.25, -0.2) is 0 Å². The Balaban J connectivity index is 4.12. The van der Waals surface area contributed by atoms with Gasteiger partial charge in [-0.05, 0) is 26.4 Å². The molecule has 0 radical (unpaired) electrons. The fourth-order valence-electron chi connectivity index (χ4n) is 1.80. The van der Waals surface area contributed by atoms with Crippen molar-refractivity contribution in [3.63, 3.8) is 0 Å². The van der Waals surface area contributed by atoms with Crippen LogP contribution in [0, 0.1) is 5.41 Å². The van der Waals surface area contributed by atoms with Gasteiger partial charge in [0.05, 0.1) is 6.61 Å². The number of guanidine groups is 1. The van der Waals surface area contributed by atoms with Gasteiger partial charge in [0.25, 0.3) is 0 Å². The molecule has 0 saturated carbocycles. The summed E-state index contributed by atoms with van der Waals surface area (Å²) in [5.74, 6) is 0.487. The normalized spacial score (nSPS) is 15.1. The smallest absolute Gasteiger partial charge is 0.188 e. The second-order valence-electron chi connectivity index (χ2n) is 5.60. The van der Waals surface area contributed by atoms with Gasteiger partial charge in [-0.1, -0.05) is 13.8 Å². The van der Waals surface area contributed by atoms with Gasteiger partial charge >= 0.3 is 0 Å². The van der Waals surface area contributed by atoms with Crippen molar-refractivity contribution in [2.24, 2.45) is 16.1 Å². The van der Waals surface area contributed by atoms with Gasteiger partial charge in [-0.2, -0.15) is 0 Å². The van der Waals surface area contributed by atoms with Gasteiger partial charge in [0.2, 0.25) is 0 Å². The van der Waals surface area contributed by atoms with Crippen LogP contribution in [0.25, 0.3) is 0 Å². The van der Waals surface area contributed by atoms with E-state index in [0.29, 0.717) is 19.1 Å². The lowest BCUT2D eigenvalue weighted by molar-refractivity contribution is 0.179. The van der Waals surface area contributed by atoms with Gasteiger partial charge in [-0.15, -0.1) is 0 Å². The first-order chi connectivity index (χ1) is 7.76. The first kappa shape index (κ1) is 16.2. The first-order valence-corrected chi connectivity index (χ1v) is 5.97. The van der Waals surface area contributed by atoms with Gasteiger partial charge in [-0.3, -0.25) is 4.99 Å². The number of nitrogens with zero attached hydrogens (tertiary/aromatic N) is 2. The van der Waals surface area contributed by atoms with Crippen LogP contribution in [-0.4, -0.2) is 57.8 Å². The number of hydrogen-bond acceptors (Lipinski definition) is 3. The zero-order valence-electron chi connectivity index (χ0n) is 12.1. The summed E-state index contributed by atoms with van der Waals surface area (Å²) in [4.78, 5) is 6.53. The molecular weight excluding hydrogens is 216 g/mol. The Bertz CT molecular complexity index is 239.